The normalized spacial score (nSPS) is 11.3. The van der Waals surface area contributed by atoms with Gasteiger partial charge in [0.25, 0.3) is 5.91 Å². The van der Waals surface area contributed by atoms with Gasteiger partial charge in [-0.05, 0) is 56.7 Å². The number of aromatic nitrogens is 1. The summed E-state index contributed by atoms with van der Waals surface area (Å²) in [6.45, 7) is 1.56. The Morgan fingerprint density at radius 2 is 2.08 bits per heavy atom. The van der Waals surface area contributed by atoms with Crippen molar-refractivity contribution in [3.05, 3.63) is 45.6 Å². The Hall–Kier alpha value is -1.47. The average molecular weight is 380 g/mol. The molecule has 1 aromatic carbocycles. The topological polar surface area (TPSA) is 36.4 Å². The molecule has 0 spiro atoms. The molecular weight excluding hydrogens is 362 g/mol. The summed E-state index contributed by atoms with van der Waals surface area (Å²) < 4.78 is 0.995. The largest absolute Gasteiger partial charge is 0.309 e. The first-order chi connectivity index (χ1) is 11.5. The molecule has 0 atom stereocenters. The first kappa shape index (κ1) is 17.4. The molecule has 24 heavy (non-hydrogen) atoms. The van der Waals surface area contributed by atoms with Gasteiger partial charge in [-0.1, -0.05) is 29.0 Å². The molecule has 0 N–H and O–H groups in total. The van der Waals surface area contributed by atoms with Crippen LogP contribution in [-0.4, -0.2) is 43.0 Å². The molecule has 0 aliphatic heterocycles. The van der Waals surface area contributed by atoms with E-state index >= 15 is 0 Å². The van der Waals surface area contributed by atoms with Crippen molar-refractivity contribution in [1.82, 2.24) is 9.88 Å². The number of amides is 1. The number of halogens is 1. The van der Waals surface area contributed by atoms with Crippen molar-refractivity contribution in [2.75, 3.05) is 32.1 Å². The molecule has 7 heteroatoms. The van der Waals surface area contributed by atoms with Gasteiger partial charge in [0.1, 0.15) is 0 Å². The van der Waals surface area contributed by atoms with E-state index in [0.29, 0.717) is 11.6 Å². The van der Waals surface area contributed by atoms with Gasteiger partial charge in [-0.3, -0.25) is 9.69 Å². The van der Waals surface area contributed by atoms with Crippen molar-refractivity contribution in [2.45, 2.75) is 6.42 Å². The van der Waals surface area contributed by atoms with E-state index < -0.39 is 0 Å². The second-order valence-electron chi connectivity index (χ2n) is 5.70. The predicted octanol–water partition coefficient (Wildman–Crippen LogP) is 4.61. The van der Waals surface area contributed by atoms with Gasteiger partial charge < -0.3 is 4.90 Å². The van der Waals surface area contributed by atoms with Crippen LogP contribution >= 0.6 is 34.3 Å². The molecule has 0 aliphatic carbocycles. The van der Waals surface area contributed by atoms with Gasteiger partial charge in [-0.25, -0.2) is 4.98 Å². The van der Waals surface area contributed by atoms with E-state index in [2.05, 4.69) is 9.88 Å². The SMILES string of the molecule is CN(C)CCCN(C(=O)c1cccs1)c1nc2ccc(Cl)cc2s1. The minimum Gasteiger partial charge on any atom is -0.309 e. The van der Waals surface area contributed by atoms with Crippen LogP contribution in [0, 0.1) is 0 Å². The molecule has 0 unspecified atom stereocenters. The standard InChI is InChI=1S/C17H18ClN3OS2/c1-20(2)8-4-9-21(16(22)14-5-3-10-23-14)17-19-13-7-6-12(18)11-15(13)24-17/h3,5-7,10-11H,4,8-9H2,1-2H3. The summed E-state index contributed by atoms with van der Waals surface area (Å²) in [6.07, 6.45) is 0.890. The second kappa shape index (κ2) is 7.61. The average Bonchev–Trinajstić information content (AvgIpc) is 3.19. The van der Waals surface area contributed by atoms with Crippen molar-refractivity contribution in [3.8, 4) is 0 Å². The Balaban J connectivity index is 1.91. The van der Waals surface area contributed by atoms with Crippen LogP contribution in [0.5, 0.6) is 0 Å². The van der Waals surface area contributed by atoms with Crippen LogP contribution in [0.15, 0.2) is 35.7 Å². The fraction of sp³-hybridized carbons (Fsp3) is 0.294. The summed E-state index contributed by atoms with van der Waals surface area (Å²) in [5.74, 6) is 0.00825. The number of rotatable bonds is 6. The molecule has 2 heterocycles. The lowest BCUT2D eigenvalue weighted by molar-refractivity contribution is 0.0990. The molecule has 0 aliphatic rings. The van der Waals surface area contributed by atoms with E-state index in [1.807, 2.05) is 49.8 Å². The summed E-state index contributed by atoms with van der Waals surface area (Å²) >= 11 is 9.03. The van der Waals surface area contributed by atoms with Crippen molar-refractivity contribution in [3.63, 3.8) is 0 Å². The first-order valence-electron chi connectivity index (χ1n) is 7.61. The highest BCUT2D eigenvalue weighted by molar-refractivity contribution is 7.22. The number of carbonyl (C=O) groups is 1. The van der Waals surface area contributed by atoms with Crippen LogP contribution in [-0.2, 0) is 0 Å². The van der Waals surface area contributed by atoms with E-state index in [0.717, 1.165) is 33.2 Å². The third-order valence-electron chi connectivity index (χ3n) is 3.53. The van der Waals surface area contributed by atoms with E-state index in [9.17, 15) is 4.79 Å². The smallest absolute Gasteiger partial charge is 0.270 e. The van der Waals surface area contributed by atoms with Gasteiger partial charge >= 0.3 is 0 Å². The molecule has 126 valence electrons. The van der Waals surface area contributed by atoms with Crippen LogP contribution in [0.2, 0.25) is 5.02 Å². The molecule has 0 radical (unpaired) electrons. The maximum absolute atomic E-state index is 12.9. The lowest BCUT2D eigenvalue weighted by Gasteiger charge is -2.20. The number of fused-ring (bicyclic) bond motifs is 1. The maximum Gasteiger partial charge on any atom is 0.270 e. The Morgan fingerprint density at radius 1 is 1.25 bits per heavy atom. The Morgan fingerprint density at radius 3 is 2.79 bits per heavy atom. The highest BCUT2D eigenvalue weighted by Gasteiger charge is 2.21. The molecule has 3 aromatic rings. The molecule has 1 amide bonds. The van der Waals surface area contributed by atoms with Crippen LogP contribution in [0.1, 0.15) is 16.1 Å². The number of thiophene rings is 1. The number of hydrogen-bond donors (Lipinski definition) is 0. The quantitative estimate of drug-likeness (QED) is 0.627. The Kier molecular flexibility index (Phi) is 5.50. The molecule has 0 saturated heterocycles. The number of hydrogen-bond acceptors (Lipinski definition) is 5. The zero-order chi connectivity index (χ0) is 17.1. The second-order valence-corrected chi connectivity index (χ2v) is 8.09. The van der Waals surface area contributed by atoms with Crippen LogP contribution in [0.3, 0.4) is 0 Å². The third kappa shape index (κ3) is 3.95. The first-order valence-corrected chi connectivity index (χ1v) is 9.68. The van der Waals surface area contributed by atoms with Crippen LogP contribution < -0.4 is 4.90 Å². The molecule has 2 aromatic heterocycles. The van der Waals surface area contributed by atoms with Crippen molar-refractivity contribution < 1.29 is 4.79 Å². The number of benzene rings is 1. The van der Waals surface area contributed by atoms with E-state index in [-0.39, 0.29) is 5.91 Å². The van der Waals surface area contributed by atoms with Gasteiger partial charge in [-0.2, -0.15) is 0 Å². The van der Waals surface area contributed by atoms with Gasteiger partial charge in [-0.15, -0.1) is 11.3 Å². The van der Waals surface area contributed by atoms with Crippen molar-refractivity contribution >= 4 is 55.5 Å². The molecular formula is C17H18ClN3OS2. The molecule has 4 nitrogen and oxygen atoms in total. The summed E-state index contributed by atoms with van der Waals surface area (Å²) in [7, 11) is 4.07. The van der Waals surface area contributed by atoms with Gasteiger partial charge in [0.2, 0.25) is 0 Å². The molecule has 0 bridgehead atoms. The summed E-state index contributed by atoms with van der Waals surface area (Å²) in [5, 5.41) is 3.33. The molecule has 0 fully saturated rings. The molecule has 0 saturated carbocycles. The number of nitrogens with zero attached hydrogens (tertiary/aromatic N) is 3. The van der Waals surface area contributed by atoms with Crippen LogP contribution in [0.25, 0.3) is 10.2 Å². The fourth-order valence-corrected chi connectivity index (χ4v) is 4.30. The summed E-state index contributed by atoms with van der Waals surface area (Å²) in [4.78, 5) is 22.2. The summed E-state index contributed by atoms with van der Waals surface area (Å²) in [5.41, 5.74) is 0.871. The zero-order valence-corrected chi connectivity index (χ0v) is 15.9. The Labute approximate surface area is 154 Å². The van der Waals surface area contributed by atoms with Gasteiger partial charge in [0, 0.05) is 11.6 Å². The van der Waals surface area contributed by atoms with Gasteiger partial charge in [0.05, 0.1) is 15.1 Å². The lowest BCUT2D eigenvalue weighted by atomic mass is 10.3. The fourth-order valence-electron chi connectivity index (χ4n) is 2.36. The lowest BCUT2D eigenvalue weighted by Crippen LogP contribution is -2.32. The third-order valence-corrected chi connectivity index (χ3v) is 5.67. The van der Waals surface area contributed by atoms with E-state index in [1.54, 1.807) is 4.90 Å². The zero-order valence-electron chi connectivity index (χ0n) is 13.5. The van der Waals surface area contributed by atoms with E-state index in [4.69, 9.17) is 11.6 Å². The number of thiazole rings is 1. The maximum atomic E-state index is 12.9. The van der Waals surface area contributed by atoms with Crippen LogP contribution in [0.4, 0.5) is 5.13 Å². The predicted molar refractivity (Wildman–Crippen MR) is 104 cm³/mol. The Bertz CT molecular complexity index is 830. The van der Waals surface area contributed by atoms with Crippen molar-refractivity contribution in [1.29, 1.82) is 0 Å². The monoisotopic (exact) mass is 379 g/mol. The number of carbonyl (C=O) groups excluding carboxylic acids is 1. The number of anilines is 1. The highest BCUT2D eigenvalue weighted by atomic mass is 35.5. The van der Waals surface area contributed by atoms with E-state index in [1.165, 1.54) is 22.7 Å². The summed E-state index contributed by atoms with van der Waals surface area (Å²) in [6, 6.07) is 9.37. The minimum absolute atomic E-state index is 0.00825. The molecule has 3 rings (SSSR count). The minimum atomic E-state index is 0.00825. The van der Waals surface area contributed by atoms with Crippen molar-refractivity contribution in [2.24, 2.45) is 0 Å². The van der Waals surface area contributed by atoms with Gasteiger partial charge in [0.15, 0.2) is 5.13 Å². The highest BCUT2D eigenvalue weighted by Crippen LogP contribution is 2.32.